The van der Waals surface area contributed by atoms with Gasteiger partial charge in [-0.15, -0.1) is 0 Å². The highest BCUT2D eigenvalue weighted by Gasteiger charge is 2.19. The molecule has 19 heavy (non-hydrogen) atoms. The number of aryl methyl sites for hydroxylation is 1. The molecule has 1 aliphatic heterocycles. The van der Waals surface area contributed by atoms with E-state index in [0.29, 0.717) is 24.1 Å². The fourth-order valence-corrected chi connectivity index (χ4v) is 2.39. The molecule has 1 heterocycles. The fourth-order valence-electron chi connectivity index (χ4n) is 2.39. The van der Waals surface area contributed by atoms with Crippen molar-refractivity contribution in [3.05, 3.63) is 35.1 Å². The first-order valence-electron chi connectivity index (χ1n) is 6.84. The average molecular weight is 264 g/mol. The van der Waals surface area contributed by atoms with E-state index in [4.69, 9.17) is 0 Å². The first kappa shape index (κ1) is 14.0. The lowest BCUT2D eigenvalue weighted by atomic mass is 9.95. The van der Waals surface area contributed by atoms with Crippen LogP contribution in [-0.4, -0.2) is 25.0 Å². The van der Waals surface area contributed by atoms with Gasteiger partial charge in [-0.2, -0.15) is 0 Å². The summed E-state index contributed by atoms with van der Waals surface area (Å²) in [5.41, 5.74) is 0.637. The van der Waals surface area contributed by atoms with E-state index in [0.717, 1.165) is 19.4 Å². The standard InChI is InChI=1S/C15H21FN2O/c1-10-4-3-5-13(14(10)16)15(19)18-9-12-7-6-11(2)17-8-12/h3-5,11-12,17H,6-9H2,1-2H3,(H,18,19). The van der Waals surface area contributed by atoms with Crippen LogP contribution in [0.3, 0.4) is 0 Å². The zero-order valence-corrected chi connectivity index (χ0v) is 11.5. The minimum Gasteiger partial charge on any atom is -0.352 e. The van der Waals surface area contributed by atoms with Crippen LogP contribution in [0.5, 0.6) is 0 Å². The number of hydrogen-bond acceptors (Lipinski definition) is 2. The molecule has 1 aliphatic rings. The van der Waals surface area contributed by atoms with E-state index in [9.17, 15) is 9.18 Å². The van der Waals surface area contributed by atoms with Gasteiger partial charge in [0.15, 0.2) is 0 Å². The van der Waals surface area contributed by atoms with Gasteiger partial charge in [0.2, 0.25) is 0 Å². The second kappa shape index (κ2) is 6.15. The summed E-state index contributed by atoms with van der Waals surface area (Å²) >= 11 is 0. The quantitative estimate of drug-likeness (QED) is 0.879. The van der Waals surface area contributed by atoms with Gasteiger partial charge in [-0.05, 0) is 50.8 Å². The van der Waals surface area contributed by atoms with Crippen molar-refractivity contribution < 1.29 is 9.18 Å². The number of benzene rings is 1. The van der Waals surface area contributed by atoms with Gasteiger partial charge in [-0.25, -0.2) is 4.39 Å². The van der Waals surface area contributed by atoms with Crippen LogP contribution in [0.15, 0.2) is 18.2 Å². The summed E-state index contributed by atoms with van der Waals surface area (Å²) in [7, 11) is 0. The van der Waals surface area contributed by atoms with Crippen LogP contribution in [0.4, 0.5) is 4.39 Å². The second-order valence-corrected chi connectivity index (χ2v) is 5.40. The zero-order chi connectivity index (χ0) is 13.8. The highest BCUT2D eigenvalue weighted by Crippen LogP contribution is 2.14. The Morgan fingerprint density at radius 2 is 2.26 bits per heavy atom. The number of piperidine rings is 1. The number of hydrogen-bond donors (Lipinski definition) is 2. The van der Waals surface area contributed by atoms with Gasteiger partial charge >= 0.3 is 0 Å². The third-order valence-corrected chi connectivity index (χ3v) is 3.75. The Morgan fingerprint density at radius 1 is 1.47 bits per heavy atom. The second-order valence-electron chi connectivity index (χ2n) is 5.40. The van der Waals surface area contributed by atoms with Gasteiger partial charge in [-0.1, -0.05) is 12.1 Å². The third kappa shape index (κ3) is 3.53. The van der Waals surface area contributed by atoms with Crippen molar-refractivity contribution in [1.82, 2.24) is 10.6 Å². The van der Waals surface area contributed by atoms with Crippen molar-refractivity contribution >= 4 is 5.91 Å². The van der Waals surface area contributed by atoms with Crippen LogP contribution in [0.1, 0.15) is 35.7 Å². The van der Waals surface area contributed by atoms with Crippen LogP contribution in [0.2, 0.25) is 0 Å². The van der Waals surface area contributed by atoms with Gasteiger partial charge < -0.3 is 10.6 Å². The highest BCUT2D eigenvalue weighted by atomic mass is 19.1. The summed E-state index contributed by atoms with van der Waals surface area (Å²) in [6, 6.07) is 5.45. The van der Waals surface area contributed by atoms with E-state index in [1.807, 2.05) is 0 Å². The molecule has 4 heteroatoms. The van der Waals surface area contributed by atoms with Gasteiger partial charge in [0.25, 0.3) is 5.91 Å². The SMILES string of the molecule is Cc1cccc(C(=O)NCC2CCC(C)NC2)c1F. The third-order valence-electron chi connectivity index (χ3n) is 3.75. The molecule has 1 aromatic rings. The summed E-state index contributed by atoms with van der Waals surface area (Å²) in [6.07, 6.45) is 2.23. The smallest absolute Gasteiger partial charge is 0.254 e. The van der Waals surface area contributed by atoms with Crippen molar-refractivity contribution in [3.63, 3.8) is 0 Å². The summed E-state index contributed by atoms with van der Waals surface area (Å²) < 4.78 is 13.8. The molecule has 0 radical (unpaired) electrons. The van der Waals surface area contributed by atoms with E-state index in [1.165, 1.54) is 6.07 Å². The predicted molar refractivity (Wildman–Crippen MR) is 73.7 cm³/mol. The molecule has 2 unspecified atom stereocenters. The van der Waals surface area contributed by atoms with Gasteiger partial charge in [0.05, 0.1) is 5.56 Å². The monoisotopic (exact) mass is 264 g/mol. The number of carbonyl (C=O) groups is 1. The molecule has 2 rings (SSSR count). The molecule has 1 amide bonds. The summed E-state index contributed by atoms with van der Waals surface area (Å²) in [6.45, 7) is 5.35. The van der Waals surface area contributed by atoms with E-state index >= 15 is 0 Å². The summed E-state index contributed by atoms with van der Waals surface area (Å²) in [4.78, 5) is 12.0. The molecule has 0 aliphatic carbocycles. The first-order chi connectivity index (χ1) is 9.08. The minimum absolute atomic E-state index is 0.136. The fraction of sp³-hybridized carbons (Fsp3) is 0.533. The lowest BCUT2D eigenvalue weighted by molar-refractivity contribution is 0.0939. The van der Waals surface area contributed by atoms with Crippen molar-refractivity contribution in [2.45, 2.75) is 32.7 Å². The van der Waals surface area contributed by atoms with Crippen molar-refractivity contribution in [2.24, 2.45) is 5.92 Å². The Bertz CT molecular complexity index is 453. The van der Waals surface area contributed by atoms with Crippen LogP contribution in [0, 0.1) is 18.7 Å². The maximum atomic E-state index is 13.8. The molecule has 1 saturated heterocycles. The summed E-state index contributed by atoms with van der Waals surface area (Å²) in [5.74, 6) is -0.303. The number of amides is 1. The number of rotatable bonds is 3. The van der Waals surface area contributed by atoms with Crippen LogP contribution >= 0.6 is 0 Å². The van der Waals surface area contributed by atoms with E-state index in [2.05, 4.69) is 17.6 Å². The molecular formula is C15H21FN2O. The minimum atomic E-state index is -0.421. The van der Waals surface area contributed by atoms with E-state index in [1.54, 1.807) is 19.1 Å². The molecule has 2 N–H and O–H groups in total. The number of nitrogens with one attached hydrogen (secondary N) is 2. The maximum Gasteiger partial charge on any atom is 0.254 e. The molecule has 104 valence electrons. The van der Waals surface area contributed by atoms with Crippen molar-refractivity contribution in [3.8, 4) is 0 Å². The molecule has 2 atom stereocenters. The lowest BCUT2D eigenvalue weighted by Gasteiger charge is -2.27. The molecule has 0 saturated carbocycles. The highest BCUT2D eigenvalue weighted by molar-refractivity contribution is 5.94. The lowest BCUT2D eigenvalue weighted by Crippen LogP contribution is -2.42. The normalized spacial score (nSPS) is 23.1. The molecular weight excluding hydrogens is 243 g/mol. The zero-order valence-electron chi connectivity index (χ0n) is 11.5. The average Bonchev–Trinajstić information content (AvgIpc) is 2.41. The Morgan fingerprint density at radius 3 is 2.95 bits per heavy atom. The Hall–Kier alpha value is -1.42. The Balaban J connectivity index is 1.89. The van der Waals surface area contributed by atoms with Crippen LogP contribution < -0.4 is 10.6 Å². The molecule has 0 aromatic heterocycles. The van der Waals surface area contributed by atoms with Gasteiger partial charge in [-0.3, -0.25) is 4.79 Å². The van der Waals surface area contributed by atoms with Crippen LogP contribution in [0.25, 0.3) is 0 Å². The largest absolute Gasteiger partial charge is 0.352 e. The number of halogens is 1. The van der Waals surface area contributed by atoms with Crippen molar-refractivity contribution in [2.75, 3.05) is 13.1 Å². The number of carbonyl (C=O) groups excluding carboxylic acids is 1. The van der Waals surface area contributed by atoms with E-state index < -0.39 is 5.82 Å². The topological polar surface area (TPSA) is 41.1 Å². The molecule has 0 spiro atoms. The first-order valence-corrected chi connectivity index (χ1v) is 6.84. The Kier molecular flexibility index (Phi) is 4.53. The molecule has 1 aromatic carbocycles. The maximum absolute atomic E-state index is 13.8. The van der Waals surface area contributed by atoms with Crippen LogP contribution in [-0.2, 0) is 0 Å². The van der Waals surface area contributed by atoms with E-state index in [-0.39, 0.29) is 11.5 Å². The molecule has 1 fully saturated rings. The molecule has 3 nitrogen and oxygen atoms in total. The van der Waals surface area contributed by atoms with Crippen molar-refractivity contribution in [1.29, 1.82) is 0 Å². The Labute approximate surface area is 113 Å². The van der Waals surface area contributed by atoms with Gasteiger partial charge in [0.1, 0.15) is 5.82 Å². The summed E-state index contributed by atoms with van der Waals surface area (Å²) in [5, 5.41) is 6.22. The predicted octanol–water partition coefficient (Wildman–Crippen LogP) is 2.25. The molecule has 0 bridgehead atoms. The van der Waals surface area contributed by atoms with Gasteiger partial charge in [0, 0.05) is 12.6 Å².